The summed E-state index contributed by atoms with van der Waals surface area (Å²) < 4.78 is 18.9. The van der Waals surface area contributed by atoms with Gasteiger partial charge in [-0.15, -0.1) is 0 Å². The Morgan fingerprint density at radius 1 is 1.42 bits per heavy atom. The largest absolute Gasteiger partial charge is 0.493 e. The van der Waals surface area contributed by atoms with Crippen LogP contribution in [0.1, 0.15) is 31.4 Å². The second kappa shape index (κ2) is 7.74. The summed E-state index contributed by atoms with van der Waals surface area (Å²) in [6, 6.07) is 4.47. The molecule has 0 bridgehead atoms. The summed E-state index contributed by atoms with van der Waals surface area (Å²) in [5.74, 6) is 0.362. The smallest absolute Gasteiger partial charge is 0.219 e. The van der Waals surface area contributed by atoms with E-state index in [-0.39, 0.29) is 17.8 Å². The van der Waals surface area contributed by atoms with Gasteiger partial charge in [0.05, 0.1) is 6.61 Å². The van der Waals surface area contributed by atoms with E-state index in [1.165, 1.54) is 12.1 Å². The fourth-order valence-electron chi connectivity index (χ4n) is 1.68. The van der Waals surface area contributed by atoms with Crippen molar-refractivity contribution < 1.29 is 13.9 Å². The van der Waals surface area contributed by atoms with E-state index in [4.69, 9.17) is 4.74 Å². The van der Waals surface area contributed by atoms with Gasteiger partial charge in [0.25, 0.3) is 0 Å². The van der Waals surface area contributed by atoms with E-state index in [1.54, 1.807) is 13.1 Å². The Morgan fingerprint density at radius 3 is 2.79 bits per heavy atom. The first-order valence-corrected chi connectivity index (χ1v) is 6.38. The zero-order valence-corrected chi connectivity index (χ0v) is 11.6. The van der Waals surface area contributed by atoms with Crippen molar-refractivity contribution in [1.29, 1.82) is 0 Å². The van der Waals surface area contributed by atoms with Gasteiger partial charge in [-0.25, -0.2) is 4.39 Å². The quantitative estimate of drug-likeness (QED) is 0.744. The van der Waals surface area contributed by atoms with Crippen LogP contribution in [0.5, 0.6) is 5.75 Å². The monoisotopic (exact) mass is 268 g/mol. The van der Waals surface area contributed by atoms with E-state index in [1.807, 2.05) is 14.0 Å². The van der Waals surface area contributed by atoms with E-state index in [9.17, 15) is 9.18 Å². The first-order chi connectivity index (χ1) is 9.08. The Balaban J connectivity index is 2.60. The Morgan fingerprint density at radius 2 is 2.16 bits per heavy atom. The molecule has 1 amide bonds. The summed E-state index contributed by atoms with van der Waals surface area (Å²) in [5, 5.41) is 5.61. The third kappa shape index (κ3) is 4.87. The molecule has 0 aliphatic rings. The van der Waals surface area contributed by atoms with E-state index in [0.717, 1.165) is 5.56 Å². The molecule has 0 aromatic heterocycles. The van der Waals surface area contributed by atoms with Crippen LogP contribution in [0.3, 0.4) is 0 Å². The highest BCUT2D eigenvalue weighted by molar-refractivity contribution is 5.75. The molecule has 0 radical (unpaired) electrons. The van der Waals surface area contributed by atoms with Crippen molar-refractivity contribution in [3.05, 3.63) is 29.6 Å². The van der Waals surface area contributed by atoms with Gasteiger partial charge in [0.2, 0.25) is 5.91 Å². The summed E-state index contributed by atoms with van der Waals surface area (Å²) in [4.78, 5) is 11.1. The molecular formula is C14H21FN2O2. The molecule has 0 spiro atoms. The second-order valence-corrected chi connectivity index (χ2v) is 4.32. The Hall–Kier alpha value is -1.62. The predicted molar refractivity (Wildman–Crippen MR) is 72.7 cm³/mol. The van der Waals surface area contributed by atoms with Gasteiger partial charge in [-0.1, -0.05) is 0 Å². The molecule has 106 valence electrons. The number of hydrogen-bond acceptors (Lipinski definition) is 3. The first-order valence-electron chi connectivity index (χ1n) is 6.38. The van der Waals surface area contributed by atoms with Gasteiger partial charge in [0.1, 0.15) is 11.6 Å². The summed E-state index contributed by atoms with van der Waals surface area (Å²) in [6.45, 7) is 2.37. The number of nitrogens with one attached hydrogen (secondary N) is 2. The van der Waals surface area contributed by atoms with Crippen molar-refractivity contribution >= 4 is 5.91 Å². The summed E-state index contributed by atoms with van der Waals surface area (Å²) >= 11 is 0. The normalized spacial score (nSPS) is 12.0. The van der Waals surface area contributed by atoms with Crippen LogP contribution >= 0.6 is 0 Å². The van der Waals surface area contributed by atoms with Gasteiger partial charge in [-0.05, 0) is 38.6 Å². The summed E-state index contributed by atoms with van der Waals surface area (Å²) in [5.41, 5.74) is 0.780. The minimum Gasteiger partial charge on any atom is -0.493 e. The van der Waals surface area contributed by atoms with Gasteiger partial charge < -0.3 is 15.4 Å². The predicted octanol–water partition coefficient (Wildman–Crippen LogP) is 2.01. The van der Waals surface area contributed by atoms with Crippen LogP contribution in [-0.4, -0.2) is 26.6 Å². The molecule has 19 heavy (non-hydrogen) atoms. The van der Waals surface area contributed by atoms with Crippen LogP contribution in [0.15, 0.2) is 18.2 Å². The van der Waals surface area contributed by atoms with Crippen molar-refractivity contribution in [3.8, 4) is 5.75 Å². The van der Waals surface area contributed by atoms with Gasteiger partial charge in [0.15, 0.2) is 0 Å². The third-order valence-corrected chi connectivity index (χ3v) is 2.96. The van der Waals surface area contributed by atoms with Crippen LogP contribution in [0.4, 0.5) is 4.39 Å². The van der Waals surface area contributed by atoms with E-state index in [2.05, 4.69) is 10.6 Å². The highest BCUT2D eigenvalue weighted by atomic mass is 19.1. The van der Waals surface area contributed by atoms with Crippen molar-refractivity contribution in [2.45, 2.75) is 25.8 Å². The molecule has 0 heterocycles. The number of ether oxygens (including phenoxy) is 1. The minimum atomic E-state index is -0.283. The number of rotatable bonds is 7. The van der Waals surface area contributed by atoms with Crippen molar-refractivity contribution in [1.82, 2.24) is 10.6 Å². The van der Waals surface area contributed by atoms with E-state index >= 15 is 0 Å². The topological polar surface area (TPSA) is 50.4 Å². The molecule has 0 aliphatic heterocycles. The second-order valence-electron chi connectivity index (χ2n) is 4.32. The molecule has 1 unspecified atom stereocenters. The van der Waals surface area contributed by atoms with Crippen LogP contribution in [0.2, 0.25) is 0 Å². The summed E-state index contributed by atoms with van der Waals surface area (Å²) in [6.07, 6.45) is 1.05. The molecule has 1 aromatic rings. The lowest BCUT2D eigenvalue weighted by molar-refractivity contribution is -0.120. The molecule has 2 N–H and O–H groups in total. The van der Waals surface area contributed by atoms with Crippen LogP contribution in [0.25, 0.3) is 0 Å². The Bertz CT molecular complexity index is 424. The maximum atomic E-state index is 13.2. The van der Waals surface area contributed by atoms with Crippen LogP contribution in [-0.2, 0) is 4.79 Å². The lowest BCUT2D eigenvalue weighted by Gasteiger charge is -2.16. The van der Waals surface area contributed by atoms with Crippen LogP contribution < -0.4 is 15.4 Å². The van der Waals surface area contributed by atoms with Crippen molar-refractivity contribution in [3.63, 3.8) is 0 Å². The fourth-order valence-corrected chi connectivity index (χ4v) is 1.68. The molecule has 1 rings (SSSR count). The number of halogens is 1. The maximum Gasteiger partial charge on any atom is 0.219 e. The summed E-state index contributed by atoms with van der Waals surface area (Å²) in [7, 11) is 3.42. The lowest BCUT2D eigenvalue weighted by atomic mass is 10.1. The average molecular weight is 268 g/mol. The van der Waals surface area contributed by atoms with Gasteiger partial charge >= 0.3 is 0 Å². The number of amides is 1. The molecule has 4 nitrogen and oxygen atoms in total. The average Bonchev–Trinajstić information content (AvgIpc) is 2.43. The molecule has 0 saturated heterocycles. The zero-order chi connectivity index (χ0) is 14.3. The maximum absolute atomic E-state index is 13.2. The zero-order valence-electron chi connectivity index (χ0n) is 11.6. The number of hydrogen-bond donors (Lipinski definition) is 2. The van der Waals surface area contributed by atoms with Crippen molar-refractivity contribution in [2.75, 3.05) is 20.7 Å². The standard InChI is InChI=1S/C14H21FN2O2/c1-10(16-2)12-9-11(15)6-7-13(12)19-8-4-5-14(18)17-3/h6-7,9-10,16H,4-5,8H2,1-3H3,(H,17,18). The van der Waals surface area contributed by atoms with Crippen molar-refractivity contribution in [2.24, 2.45) is 0 Å². The molecule has 1 atom stereocenters. The molecule has 5 heteroatoms. The SMILES string of the molecule is CNC(=O)CCCOc1ccc(F)cc1C(C)NC. The number of carbonyl (C=O) groups excluding carboxylic acids is 1. The number of benzene rings is 1. The molecular weight excluding hydrogens is 247 g/mol. The first kappa shape index (κ1) is 15.4. The highest BCUT2D eigenvalue weighted by Crippen LogP contribution is 2.26. The van der Waals surface area contributed by atoms with E-state index in [0.29, 0.717) is 25.2 Å². The van der Waals surface area contributed by atoms with Gasteiger partial charge in [-0.2, -0.15) is 0 Å². The van der Waals surface area contributed by atoms with E-state index < -0.39 is 0 Å². The van der Waals surface area contributed by atoms with Gasteiger partial charge in [0, 0.05) is 25.1 Å². The Labute approximate surface area is 113 Å². The van der Waals surface area contributed by atoms with Gasteiger partial charge in [-0.3, -0.25) is 4.79 Å². The minimum absolute atomic E-state index is 0.00430. The molecule has 1 aromatic carbocycles. The molecule has 0 fully saturated rings. The fraction of sp³-hybridized carbons (Fsp3) is 0.500. The number of carbonyl (C=O) groups is 1. The highest BCUT2D eigenvalue weighted by Gasteiger charge is 2.11. The lowest BCUT2D eigenvalue weighted by Crippen LogP contribution is -2.18. The Kier molecular flexibility index (Phi) is 6.29. The third-order valence-electron chi connectivity index (χ3n) is 2.96. The molecule has 0 saturated carbocycles. The molecule has 0 aliphatic carbocycles. The van der Waals surface area contributed by atoms with Crippen LogP contribution in [0, 0.1) is 5.82 Å².